The number of hydrogen-bond acceptors (Lipinski definition) is 24. The van der Waals surface area contributed by atoms with Gasteiger partial charge in [-0.25, -0.2) is 42.5 Å². The number of morpholine rings is 3. The highest BCUT2D eigenvalue weighted by atomic mass is 79.9. The van der Waals surface area contributed by atoms with Crippen LogP contribution in [0.15, 0.2) is 114 Å². The van der Waals surface area contributed by atoms with E-state index in [0.717, 1.165) is 105 Å². The van der Waals surface area contributed by atoms with E-state index >= 15 is 0 Å². The summed E-state index contributed by atoms with van der Waals surface area (Å²) in [4.78, 5) is 61.9. The molecule has 6 aliphatic rings. The van der Waals surface area contributed by atoms with E-state index in [1.807, 2.05) is 68.0 Å². The topological polar surface area (TPSA) is 287 Å². The maximum absolute atomic E-state index is 14.9. The largest absolute Gasteiger partial charge is 0.486 e. The van der Waals surface area contributed by atoms with Crippen LogP contribution in [0.2, 0.25) is 5.28 Å². The first-order valence-electron chi connectivity index (χ1n) is 32.5. The lowest BCUT2D eigenvalue weighted by Gasteiger charge is -2.34. The second-order valence-corrected chi connectivity index (χ2v) is 24.8. The summed E-state index contributed by atoms with van der Waals surface area (Å²) in [6.45, 7) is 21.7. The summed E-state index contributed by atoms with van der Waals surface area (Å²) in [5.74, 6) is -1.23. The van der Waals surface area contributed by atoms with Crippen molar-refractivity contribution in [1.82, 2.24) is 39.9 Å². The lowest BCUT2D eigenvalue weighted by molar-refractivity contribution is -0.389. The van der Waals surface area contributed by atoms with Crippen molar-refractivity contribution in [3.8, 4) is 34.0 Å². The van der Waals surface area contributed by atoms with E-state index < -0.39 is 33.1 Å². The summed E-state index contributed by atoms with van der Waals surface area (Å²) in [6, 6.07) is 20.0. The third-order valence-corrected chi connectivity index (χ3v) is 16.7. The molecule has 0 aliphatic carbocycles. The molecule has 6 aromatic heterocycles. The van der Waals surface area contributed by atoms with Gasteiger partial charge in [0.05, 0.1) is 117 Å². The third-order valence-electron chi connectivity index (χ3n) is 16.1. The Bertz CT molecular complexity index is 3930. The van der Waals surface area contributed by atoms with Gasteiger partial charge in [0.2, 0.25) is 5.28 Å². The molecule has 8 aromatic rings. The Morgan fingerprint density at radius 2 is 0.940 bits per heavy atom. The number of halogens is 6. The van der Waals surface area contributed by atoms with E-state index in [9.17, 15) is 37.8 Å². The Morgan fingerprint density at radius 1 is 0.500 bits per heavy atom. The van der Waals surface area contributed by atoms with Crippen LogP contribution in [-0.2, 0) is 25.4 Å². The van der Waals surface area contributed by atoms with Crippen molar-refractivity contribution in [3.63, 3.8) is 0 Å². The molecule has 0 radical (unpaired) electrons. The van der Waals surface area contributed by atoms with Gasteiger partial charge in [0.25, 0.3) is 0 Å². The predicted octanol–water partition coefficient (Wildman–Crippen LogP) is 11.8. The van der Waals surface area contributed by atoms with E-state index in [0.29, 0.717) is 93.3 Å². The molecule has 4 fully saturated rings. The molecule has 0 atom stereocenters. The van der Waals surface area contributed by atoms with Gasteiger partial charge in [-0.2, -0.15) is 0 Å². The van der Waals surface area contributed by atoms with Gasteiger partial charge in [0, 0.05) is 93.5 Å². The Kier molecular flexibility index (Phi) is 27.9. The van der Waals surface area contributed by atoms with Crippen LogP contribution in [0.5, 0.6) is 11.5 Å². The number of fused-ring (bicyclic) bond motifs is 2. The fourth-order valence-corrected chi connectivity index (χ4v) is 11.3. The van der Waals surface area contributed by atoms with Crippen LogP contribution < -0.4 is 39.7 Å². The van der Waals surface area contributed by atoms with Crippen molar-refractivity contribution in [2.24, 2.45) is 0 Å². The van der Waals surface area contributed by atoms with Gasteiger partial charge in [-0.15, -0.1) is 0 Å². The molecular weight excluding hydrogens is 1390 g/mol. The van der Waals surface area contributed by atoms with Crippen LogP contribution in [0, 0.1) is 43.5 Å². The molecular formula is C68H78BrClF4N16O10. The summed E-state index contributed by atoms with van der Waals surface area (Å²) in [5, 5.41) is 20.3. The van der Waals surface area contributed by atoms with Gasteiger partial charge in [-0.05, 0) is 155 Å². The maximum Gasteiger partial charge on any atom is 0.363 e. The van der Waals surface area contributed by atoms with E-state index in [1.54, 1.807) is 30.5 Å². The van der Waals surface area contributed by atoms with E-state index in [2.05, 4.69) is 70.5 Å². The first-order chi connectivity index (χ1) is 48.3. The molecule has 0 saturated carbocycles. The number of nitrogens with two attached hydrogens (primary N) is 1. The number of hydrogen-bond donors (Lipinski definition) is 1. The zero-order chi connectivity index (χ0) is 71.1. The third kappa shape index (κ3) is 21.4. The maximum atomic E-state index is 14.9. The highest BCUT2D eigenvalue weighted by molar-refractivity contribution is 9.10. The molecule has 0 unspecified atom stereocenters. The average Bonchev–Trinajstić information content (AvgIpc) is 0.783. The smallest absolute Gasteiger partial charge is 0.363 e. The molecule has 2 aromatic carbocycles. The van der Waals surface area contributed by atoms with Crippen LogP contribution >= 0.6 is 27.5 Å². The molecule has 2 N–H and O–H groups in total. The van der Waals surface area contributed by atoms with E-state index in [-0.39, 0.29) is 51.9 Å². The fourth-order valence-electron chi connectivity index (χ4n) is 10.9. The Hall–Kier alpha value is -9.27. The van der Waals surface area contributed by atoms with Crippen molar-refractivity contribution in [2.75, 3.05) is 149 Å². The van der Waals surface area contributed by atoms with Crippen LogP contribution in [-0.4, -0.2) is 180 Å². The highest BCUT2D eigenvalue weighted by Gasteiger charge is 2.28. The SMILES string of the molecule is C1CCOCC1.CC(C)N1CCOc2c(F)cc(-c3nc(Cc4ccc(N5CCOCC5)cn4)ncc3F)cc21.CC(C)N1CCOc2c(F)cc(-c3nc(Cl)ncc3F)cc21.Nc1ccc(N2CCOCC2)cn1.O=[N+]([O-])c1ccc(Br)cn1.O=[N+]([O-])c1ccc(N2CCOCC2)cn1. The lowest BCUT2D eigenvalue weighted by atomic mass is 10.1. The predicted molar refractivity (Wildman–Crippen MR) is 375 cm³/mol. The van der Waals surface area contributed by atoms with Crippen LogP contribution in [0.3, 0.4) is 0 Å². The van der Waals surface area contributed by atoms with Crippen LogP contribution in [0.1, 0.15) is 58.5 Å². The molecule has 0 spiro atoms. The first-order valence-corrected chi connectivity index (χ1v) is 33.7. The number of nitrogens with zero attached hydrogens (tertiary/aromatic N) is 15. The number of benzene rings is 2. The minimum atomic E-state index is -0.656. The number of rotatable bonds is 11. The monoisotopic (exact) mass is 1470 g/mol. The summed E-state index contributed by atoms with van der Waals surface area (Å²) >= 11 is 8.82. The van der Waals surface area contributed by atoms with Gasteiger partial charge in [0.15, 0.2) is 47.2 Å². The quantitative estimate of drug-likeness (QED) is 0.0545. The standard InChI is InChI=1S/C25H27F2N5O2.C15H14ClF2N3O.C9H11N3O3.C9H13N3O.C5H3BrN2O2.C5H10O/c1-16(2)32-7-10-34-25-20(26)11-17(12-22(25)32)24-21(27)15-29-23(30-24)13-18-3-4-19(14-28-18)31-5-8-33-9-6-31;1-8(2)21-3-4-22-14-10(17)5-9(6-12(14)21)13-11(18)7-19-15(16)20-13;13-12(14)9-2-1-8(7-10-9)11-3-5-15-6-4-11;10-9-2-1-8(7-11-9)12-3-5-13-6-4-12;6-4-1-2-5(7-3-4)8(9)10;1-2-4-6-5-3-1/h3-4,11-12,14-16H,5-10,13H2,1-2H3;5-8H,3-4H2,1-2H3;1-2,7H,3-6H2;1-2,7H,3-6H2,(H2,10,11);1-3H;1-5H2. The summed E-state index contributed by atoms with van der Waals surface area (Å²) in [7, 11) is 0. The van der Waals surface area contributed by atoms with Crippen LogP contribution in [0.25, 0.3) is 22.5 Å². The molecule has 532 valence electrons. The fraction of sp³-hybridized carbons (Fsp3) is 0.412. The zero-order valence-electron chi connectivity index (χ0n) is 55.7. The minimum Gasteiger partial charge on any atom is -0.486 e. The van der Waals surface area contributed by atoms with Crippen molar-refractivity contribution in [1.29, 1.82) is 0 Å². The second-order valence-electron chi connectivity index (χ2n) is 23.5. The molecule has 0 amide bonds. The molecule has 0 bridgehead atoms. The van der Waals surface area contributed by atoms with E-state index in [1.165, 1.54) is 55.9 Å². The Labute approximate surface area is 589 Å². The molecule has 26 nitrogen and oxygen atoms in total. The Balaban J connectivity index is 0.000000152. The highest BCUT2D eigenvalue weighted by Crippen LogP contribution is 2.41. The van der Waals surface area contributed by atoms with Crippen molar-refractivity contribution in [3.05, 3.63) is 175 Å². The van der Waals surface area contributed by atoms with E-state index in [4.69, 9.17) is 45.8 Å². The number of pyridine rings is 4. The number of ether oxygens (including phenoxy) is 6. The average molecular weight is 1470 g/mol. The molecule has 4 saturated heterocycles. The molecule has 100 heavy (non-hydrogen) atoms. The normalized spacial score (nSPS) is 15.6. The first kappa shape index (κ1) is 74.9. The number of nitrogen functional groups attached to an aromatic ring is 1. The molecule has 14 rings (SSSR count). The lowest BCUT2D eigenvalue weighted by Crippen LogP contribution is -2.38. The van der Waals surface area contributed by atoms with Gasteiger partial charge in [-0.3, -0.25) is 4.98 Å². The zero-order valence-corrected chi connectivity index (χ0v) is 58.1. The number of nitro groups is 2. The number of aromatic nitrogens is 8. The van der Waals surface area contributed by atoms with Crippen molar-refractivity contribution >= 4 is 73.4 Å². The molecule has 6 aliphatic heterocycles. The second kappa shape index (κ2) is 37.2. The molecule has 12 heterocycles. The van der Waals surface area contributed by atoms with Gasteiger partial charge in [0.1, 0.15) is 36.2 Å². The summed E-state index contributed by atoms with van der Waals surface area (Å²) in [5.41, 5.74) is 11.2. The minimum absolute atomic E-state index is 0.0315. The van der Waals surface area contributed by atoms with Crippen molar-refractivity contribution in [2.45, 2.75) is 65.5 Å². The Morgan fingerprint density at radius 3 is 1.34 bits per heavy atom. The summed E-state index contributed by atoms with van der Waals surface area (Å²) < 4.78 is 90.5. The van der Waals surface area contributed by atoms with Gasteiger partial charge in [-0.1, -0.05) is 0 Å². The summed E-state index contributed by atoms with van der Waals surface area (Å²) in [6.07, 6.45) is 12.9. The van der Waals surface area contributed by atoms with Gasteiger partial charge < -0.3 is 78.9 Å². The van der Waals surface area contributed by atoms with Gasteiger partial charge >= 0.3 is 11.6 Å². The molecule has 32 heteroatoms. The van der Waals surface area contributed by atoms with Crippen LogP contribution in [0.4, 0.5) is 63.5 Å². The van der Waals surface area contributed by atoms with Crippen molar-refractivity contribution < 1.29 is 55.8 Å². The number of anilines is 6.